The van der Waals surface area contributed by atoms with Crippen LogP contribution in [-0.4, -0.2) is 35.4 Å². The molecule has 1 unspecified atom stereocenters. The number of nitrogens with zero attached hydrogens (tertiary/aromatic N) is 1. The normalized spacial score (nSPS) is 15.9. The zero-order chi connectivity index (χ0) is 22.7. The average molecular weight is 450 g/mol. The molecule has 3 aromatic rings. The zero-order valence-electron chi connectivity index (χ0n) is 17.8. The van der Waals surface area contributed by atoms with Gasteiger partial charge in [-0.3, -0.25) is 9.59 Å². The minimum atomic E-state index is -0.713. The van der Waals surface area contributed by atoms with Crippen LogP contribution in [0.15, 0.2) is 77.4 Å². The van der Waals surface area contributed by atoms with Crippen LogP contribution in [0.2, 0.25) is 0 Å². The third-order valence-corrected chi connectivity index (χ3v) is 6.18. The standard InChI is InChI=1S/C25H23NO5S/c1-3-31-19-12-8-17(9-13-19)22-21(23(27)20-5-4-14-32-20)24(28)25(29)26(22)15-16-6-10-18(30-2)11-7-16/h4-14,22,28H,3,15H2,1-2H3. The van der Waals surface area contributed by atoms with Crippen LogP contribution in [0.1, 0.15) is 33.8 Å². The largest absolute Gasteiger partial charge is 0.503 e. The molecule has 1 atom stereocenters. The van der Waals surface area contributed by atoms with Crippen LogP contribution in [0.4, 0.5) is 0 Å². The van der Waals surface area contributed by atoms with Crippen molar-refractivity contribution in [1.29, 1.82) is 0 Å². The van der Waals surface area contributed by atoms with E-state index in [1.807, 2.05) is 43.3 Å². The predicted molar refractivity (Wildman–Crippen MR) is 122 cm³/mol. The number of aliphatic hydroxyl groups excluding tert-OH is 1. The topological polar surface area (TPSA) is 76.1 Å². The lowest BCUT2D eigenvalue weighted by Crippen LogP contribution is -2.30. The van der Waals surface area contributed by atoms with Crippen molar-refractivity contribution in [3.63, 3.8) is 0 Å². The Kier molecular flexibility index (Phi) is 6.28. The van der Waals surface area contributed by atoms with Crippen LogP contribution in [-0.2, 0) is 11.3 Å². The minimum Gasteiger partial charge on any atom is -0.503 e. The fourth-order valence-electron chi connectivity index (χ4n) is 3.78. The molecule has 164 valence electrons. The lowest BCUT2D eigenvalue weighted by molar-refractivity contribution is -0.130. The summed E-state index contributed by atoms with van der Waals surface area (Å²) in [6, 6.07) is 17.3. The van der Waals surface area contributed by atoms with Crippen LogP contribution < -0.4 is 9.47 Å². The number of carbonyl (C=O) groups is 2. The number of thiophene rings is 1. The van der Waals surface area contributed by atoms with Crippen LogP contribution in [0.5, 0.6) is 11.5 Å². The smallest absolute Gasteiger partial charge is 0.290 e. The molecule has 0 spiro atoms. The first kappa shape index (κ1) is 21.6. The van der Waals surface area contributed by atoms with Gasteiger partial charge in [0, 0.05) is 6.54 Å². The number of amides is 1. The highest BCUT2D eigenvalue weighted by atomic mass is 32.1. The quantitative estimate of drug-likeness (QED) is 0.493. The Balaban J connectivity index is 1.74. The van der Waals surface area contributed by atoms with E-state index < -0.39 is 17.7 Å². The minimum absolute atomic E-state index is 0.0927. The fraction of sp³-hybridized carbons (Fsp3) is 0.200. The van der Waals surface area contributed by atoms with E-state index in [0.717, 1.165) is 11.1 Å². The van der Waals surface area contributed by atoms with Gasteiger partial charge >= 0.3 is 0 Å². The summed E-state index contributed by atoms with van der Waals surface area (Å²) in [7, 11) is 1.59. The van der Waals surface area contributed by atoms with E-state index in [4.69, 9.17) is 9.47 Å². The third kappa shape index (κ3) is 4.11. The first-order valence-corrected chi connectivity index (χ1v) is 11.1. The molecule has 1 aromatic heterocycles. The lowest BCUT2D eigenvalue weighted by Gasteiger charge is -2.27. The van der Waals surface area contributed by atoms with Gasteiger partial charge in [0.05, 0.1) is 30.2 Å². The molecule has 7 heteroatoms. The van der Waals surface area contributed by atoms with E-state index in [1.54, 1.807) is 36.8 Å². The molecule has 1 amide bonds. The molecule has 32 heavy (non-hydrogen) atoms. The molecule has 0 aliphatic carbocycles. The van der Waals surface area contributed by atoms with Gasteiger partial charge in [-0.2, -0.15) is 0 Å². The second-order valence-corrected chi connectivity index (χ2v) is 8.20. The van der Waals surface area contributed by atoms with Crippen molar-refractivity contribution in [1.82, 2.24) is 4.90 Å². The van der Waals surface area contributed by atoms with E-state index in [-0.39, 0.29) is 17.9 Å². The fourth-order valence-corrected chi connectivity index (χ4v) is 4.45. The number of methoxy groups -OCH3 is 1. The molecule has 0 bridgehead atoms. The van der Waals surface area contributed by atoms with Crippen molar-refractivity contribution in [2.75, 3.05) is 13.7 Å². The van der Waals surface area contributed by atoms with Crippen molar-refractivity contribution in [3.8, 4) is 11.5 Å². The first-order valence-electron chi connectivity index (χ1n) is 10.2. The van der Waals surface area contributed by atoms with E-state index in [1.165, 1.54) is 16.2 Å². The van der Waals surface area contributed by atoms with Crippen LogP contribution in [0.3, 0.4) is 0 Å². The molecule has 1 aliphatic heterocycles. The van der Waals surface area contributed by atoms with Crippen molar-refractivity contribution in [2.45, 2.75) is 19.5 Å². The van der Waals surface area contributed by atoms with E-state index in [9.17, 15) is 14.7 Å². The molecule has 0 fully saturated rings. The van der Waals surface area contributed by atoms with Gasteiger partial charge < -0.3 is 19.5 Å². The number of carbonyl (C=O) groups excluding carboxylic acids is 2. The van der Waals surface area contributed by atoms with E-state index in [2.05, 4.69) is 0 Å². The van der Waals surface area contributed by atoms with Crippen molar-refractivity contribution >= 4 is 23.0 Å². The third-order valence-electron chi connectivity index (χ3n) is 5.31. The highest BCUT2D eigenvalue weighted by Gasteiger charge is 2.43. The summed E-state index contributed by atoms with van der Waals surface area (Å²) >= 11 is 1.28. The molecule has 1 N–H and O–H groups in total. The molecular weight excluding hydrogens is 426 g/mol. The number of hydrogen-bond donors (Lipinski definition) is 1. The average Bonchev–Trinajstić information content (AvgIpc) is 3.43. The Hall–Kier alpha value is -3.58. The number of Topliss-reactive ketones (excluding diaryl/α,β-unsaturated/α-hetero) is 1. The SMILES string of the molecule is CCOc1ccc(C2C(C(=O)c3cccs3)=C(O)C(=O)N2Cc2ccc(OC)cc2)cc1. The molecule has 4 rings (SSSR count). The predicted octanol–water partition coefficient (Wildman–Crippen LogP) is 4.93. The molecule has 0 saturated carbocycles. The maximum Gasteiger partial charge on any atom is 0.290 e. The van der Waals surface area contributed by atoms with Gasteiger partial charge in [0.25, 0.3) is 5.91 Å². The van der Waals surface area contributed by atoms with Crippen molar-refractivity contribution in [3.05, 3.63) is 93.4 Å². The highest BCUT2D eigenvalue weighted by Crippen LogP contribution is 2.40. The summed E-state index contributed by atoms with van der Waals surface area (Å²) < 4.78 is 10.7. The monoisotopic (exact) mass is 449 g/mol. The van der Waals surface area contributed by atoms with Gasteiger partial charge in [0.15, 0.2) is 5.76 Å². The van der Waals surface area contributed by atoms with E-state index in [0.29, 0.717) is 23.0 Å². The Labute approximate surface area is 190 Å². The molecule has 0 radical (unpaired) electrons. The summed E-state index contributed by atoms with van der Waals surface area (Å²) in [5.74, 6) is -0.0157. The lowest BCUT2D eigenvalue weighted by atomic mass is 9.95. The summed E-state index contributed by atoms with van der Waals surface area (Å²) in [5.41, 5.74) is 1.67. The molecular formula is C25H23NO5S. The Morgan fingerprint density at radius 3 is 2.34 bits per heavy atom. The van der Waals surface area contributed by atoms with Crippen LogP contribution >= 0.6 is 11.3 Å². The second kappa shape index (κ2) is 9.28. The summed E-state index contributed by atoms with van der Waals surface area (Å²) in [4.78, 5) is 28.4. The number of ether oxygens (including phenoxy) is 2. The highest BCUT2D eigenvalue weighted by molar-refractivity contribution is 7.12. The second-order valence-electron chi connectivity index (χ2n) is 7.25. The van der Waals surface area contributed by atoms with Gasteiger partial charge in [-0.1, -0.05) is 30.3 Å². The summed E-state index contributed by atoms with van der Waals surface area (Å²) in [6.45, 7) is 2.67. The first-order chi connectivity index (χ1) is 15.5. The Morgan fingerprint density at radius 1 is 1.06 bits per heavy atom. The number of aliphatic hydroxyl groups is 1. The number of rotatable bonds is 8. The van der Waals surface area contributed by atoms with Crippen molar-refractivity contribution in [2.24, 2.45) is 0 Å². The van der Waals surface area contributed by atoms with Gasteiger partial charge in [-0.05, 0) is 53.8 Å². The number of ketones is 1. The maximum atomic E-state index is 13.3. The molecule has 6 nitrogen and oxygen atoms in total. The van der Waals surface area contributed by atoms with E-state index >= 15 is 0 Å². The van der Waals surface area contributed by atoms with Crippen LogP contribution in [0.25, 0.3) is 0 Å². The van der Waals surface area contributed by atoms with Gasteiger partial charge in [0.1, 0.15) is 11.5 Å². The Morgan fingerprint density at radius 2 is 1.75 bits per heavy atom. The molecule has 1 aliphatic rings. The van der Waals surface area contributed by atoms with Gasteiger partial charge in [-0.25, -0.2) is 0 Å². The number of benzene rings is 2. The summed E-state index contributed by atoms with van der Waals surface area (Å²) in [6.07, 6.45) is 0. The Bertz CT molecular complexity index is 1130. The maximum absolute atomic E-state index is 13.3. The molecule has 2 heterocycles. The van der Waals surface area contributed by atoms with Gasteiger partial charge in [0.2, 0.25) is 5.78 Å². The van der Waals surface area contributed by atoms with Gasteiger partial charge in [-0.15, -0.1) is 11.3 Å². The van der Waals surface area contributed by atoms with Crippen LogP contribution in [0, 0.1) is 0 Å². The molecule has 0 saturated heterocycles. The van der Waals surface area contributed by atoms with Crippen molar-refractivity contribution < 1.29 is 24.2 Å². The summed E-state index contributed by atoms with van der Waals surface area (Å²) in [5, 5.41) is 12.5. The zero-order valence-corrected chi connectivity index (χ0v) is 18.6. The molecule has 2 aromatic carbocycles. The number of hydrogen-bond acceptors (Lipinski definition) is 6.